The Bertz CT molecular complexity index is 788. The second kappa shape index (κ2) is 8.10. The predicted molar refractivity (Wildman–Crippen MR) is 91.0 cm³/mol. The van der Waals surface area contributed by atoms with E-state index in [0.29, 0.717) is 35.0 Å². The molecular weight excluding hydrogens is 331 g/mol. The Morgan fingerprint density at radius 3 is 2.62 bits per heavy atom. The van der Waals surface area contributed by atoms with E-state index in [1.807, 2.05) is 0 Å². The Morgan fingerprint density at radius 1 is 1.33 bits per heavy atom. The van der Waals surface area contributed by atoms with E-state index in [-0.39, 0.29) is 17.8 Å². The van der Waals surface area contributed by atoms with Crippen LogP contribution in [0, 0.1) is 12.7 Å². The van der Waals surface area contributed by atoms with Crippen LogP contribution in [0.3, 0.4) is 0 Å². The SMILES string of the molecule is Cc1nc(SCCCC(=O)O)n(C)c(=O)c1Cc1ccc(F)cc1. The molecule has 0 aliphatic heterocycles. The molecule has 1 heterocycles. The molecule has 1 aromatic heterocycles. The first-order valence-electron chi connectivity index (χ1n) is 7.54. The van der Waals surface area contributed by atoms with Gasteiger partial charge in [0.25, 0.3) is 5.56 Å². The summed E-state index contributed by atoms with van der Waals surface area (Å²) in [4.78, 5) is 27.6. The molecule has 1 N–H and O–H groups in total. The number of rotatable bonds is 7. The van der Waals surface area contributed by atoms with Crippen LogP contribution >= 0.6 is 11.8 Å². The van der Waals surface area contributed by atoms with E-state index in [1.54, 1.807) is 26.1 Å². The molecule has 0 atom stereocenters. The number of halogens is 1. The minimum absolute atomic E-state index is 0.0998. The van der Waals surface area contributed by atoms with Crippen molar-refractivity contribution in [2.45, 2.75) is 31.3 Å². The number of nitrogens with zero attached hydrogens (tertiary/aromatic N) is 2. The number of carbonyl (C=O) groups is 1. The van der Waals surface area contributed by atoms with Gasteiger partial charge in [-0.25, -0.2) is 9.37 Å². The summed E-state index contributed by atoms with van der Waals surface area (Å²) in [5, 5.41) is 9.22. The summed E-state index contributed by atoms with van der Waals surface area (Å²) in [7, 11) is 1.66. The molecule has 5 nitrogen and oxygen atoms in total. The van der Waals surface area contributed by atoms with Gasteiger partial charge in [0.1, 0.15) is 5.82 Å². The van der Waals surface area contributed by atoms with Crippen LogP contribution in [0.25, 0.3) is 0 Å². The lowest BCUT2D eigenvalue weighted by atomic mass is 10.1. The summed E-state index contributed by atoms with van der Waals surface area (Å²) < 4.78 is 14.5. The smallest absolute Gasteiger partial charge is 0.303 e. The molecular formula is C17H19FN2O3S. The van der Waals surface area contributed by atoms with Crippen LogP contribution in [0.5, 0.6) is 0 Å². The van der Waals surface area contributed by atoms with Gasteiger partial charge in [-0.05, 0) is 31.0 Å². The van der Waals surface area contributed by atoms with Gasteiger partial charge in [-0.1, -0.05) is 23.9 Å². The van der Waals surface area contributed by atoms with Gasteiger partial charge in [0.15, 0.2) is 5.16 Å². The highest BCUT2D eigenvalue weighted by Gasteiger charge is 2.13. The molecule has 0 aliphatic rings. The van der Waals surface area contributed by atoms with Crippen LogP contribution in [-0.4, -0.2) is 26.4 Å². The molecule has 2 aromatic rings. The molecule has 0 aliphatic carbocycles. The molecule has 1 aromatic carbocycles. The normalized spacial score (nSPS) is 10.8. The van der Waals surface area contributed by atoms with Crippen LogP contribution in [0.2, 0.25) is 0 Å². The fourth-order valence-corrected chi connectivity index (χ4v) is 3.21. The van der Waals surface area contributed by atoms with E-state index in [1.165, 1.54) is 28.5 Å². The largest absolute Gasteiger partial charge is 0.481 e. The third-order valence-corrected chi connectivity index (χ3v) is 4.73. The first kappa shape index (κ1) is 18.2. The van der Waals surface area contributed by atoms with E-state index in [2.05, 4.69) is 4.98 Å². The van der Waals surface area contributed by atoms with Crippen LogP contribution in [0.15, 0.2) is 34.2 Å². The monoisotopic (exact) mass is 350 g/mol. The Morgan fingerprint density at radius 2 is 2.00 bits per heavy atom. The molecule has 0 fully saturated rings. The Labute approximate surface area is 143 Å². The van der Waals surface area contributed by atoms with Gasteiger partial charge in [-0.2, -0.15) is 0 Å². The van der Waals surface area contributed by atoms with Gasteiger partial charge in [0.2, 0.25) is 0 Å². The molecule has 0 unspecified atom stereocenters. The highest BCUT2D eigenvalue weighted by molar-refractivity contribution is 7.99. The molecule has 7 heteroatoms. The summed E-state index contributed by atoms with van der Waals surface area (Å²) in [5.74, 6) is -0.554. The highest BCUT2D eigenvalue weighted by Crippen LogP contribution is 2.18. The zero-order valence-electron chi connectivity index (χ0n) is 13.6. The Balaban J connectivity index is 2.16. The van der Waals surface area contributed by atoms with Crippen molar-refractivity contribution in [1.29, 1.82) is 0 Å². The van der Waals surface area contributed by atoms with E-state index in [9.17, 15) is 14.0 Å². The van der Waals surface area contributed by atoms with Crippen LogP contribution in [-0.2, 0) is 18.3 Å². The second-order valence-electron chi connectivity index (χ2n) is 5.47. The lowest BCUT2D eigenvalue weighted by Gasteiger charge is -2.12. The topological polar surface area (TPSA) is 72.2 Å². The number of benzene rings is 1. The molecule has 128 valence electrons. The Kier molecular flexibility index (Phi) is 6.14. The third-order valence-electron chi connectivity index (χ3n) is 3.61. The maximum atomic E-state index is 13.0. The number of hydrogen-bond donors (Lipinski definition) is 1. The molecule has 24 heavy (non-hydrogen) atoms. The number of aliphatic carboxylic acids is 1. The van der Waals surface area contributed by atoms with Gasteiger partial charge >= 0.3 is 5.97 Å². The van der Waals surface area contributed by atoms with E-state index >= 15 is 0 Å². The van der Waals surface area contributed by atoms with Crippen molar-refractivity contribution in [1.82, 2.24) is 9.55 Å². The van der Waals surface area contributed by atoms with E-state index in [0.717, 1.165) is 5.56 Å². The number of thioether (sulfide) groups is 1. The van der Waals surface area contributed by atoms with Gasteiger partial charge in [0, 0.05) is 36.9 Å². The molecule has 0 spiro atoms. The van der Waals surface area contributed by atoms with E-state index in [4.69, 9.17) is 5.11 Å². The van der Waals surface area contributed by atoms with Crippen molar-refractivity contribution in [2.24, 2.45) is 7.05 Å². The van der Waals surface area contributed by atoms with Crippen LogP contribution in [0.4, 0.5) is 4.39 Å². The fourth-order valence-electron chi connectivity index (χ4n) is 2.26. The predicted octanol–water partition coefficient (Wildman–Crippen LogP) is 2.78. The maximum Gasteiger partial charge on any atom is 0.303 e. The van der Waals surface area contributed by atoms with Gasteiger partial charge in [0.05, 0.1) is 0 Å². The van der Waals surface area contributed by atoms with Gasteiger partial charge < -0.3 is 5.11 Å². The van der Waals surface area contributed by atoms with Crippen molar-refractivity contribution in [3.8, 4) is 0 Å². The van der Waals surface area contributed by atoms with Gasteiger partial charge in [-0.3, -0.25) is 14.2 Å². The average molecular weight is 350 g/mol. The molecule has 0 radical (unpaired) electrons. The molecule has 0 saturated heterocycles. The zero-order valence-corrected chi connectivity index (χ0v) is 14.4. The van der Waals surface area contributed by atoms with Crippen molar-refractivity contribution in [3.05, 3.63) is 57.3 Å². The highest BCUT2D eigenvalue weighted by atomic mass is 32.2. The van der Waals surface area contributed by atoms with Crippen molar-refractivity contribution < 1.29 is 14.3 Å². The molecule has 0 amide bonds. The zero-order chi connectivity index (χ0) is 17.7. The first-order chi connectivity index (χ1) is 11.4. The number of carboxylic acids is 1. The summed E-state index contributed by atoms with van der Waals surface area (Å²) >= 11 is 1.37. The minimum Gasteiger partial charge on any atom is -0.481 e. The molecule has 0 saturated carbocycles. The van der Waals surface area contributed by atoms with Crippen molar-refractivity contribution >= 4 is 17.7 Å². The van der Waals surface area contributed by atoms with Gasteiger partial charge in [-0.15, -0.1) is 0 Å². The van der Waals surface area contributed by atoms with Crippen molar-refractivity contribution in [3.63, 3.8) is 0 Å². The number of carboxylic acid groups (broad SMARTS) is 1. The molecule has 2 rings (SSSR count). The Hall–Kier alpha value is -2.15. The number of hydrogen-bond acceptors (Lipinski definition) is 4. The molecule has 0 bridgehead atoms. The first-order valence-corrected chi connectivity index (χ1v) is 8.52. The summed E-state index contributed by atoms with van der Waals surface area (Å²) in [6.45, 7) is 1.78. The lowest BCUT2D eigenvalue weighted by molar-refractivity contribution is -0.137. The lowest BCUT2D eigenvalue weighted by Crippen LogP contribution is -2.25. The van der Waals surface area contributed by atoms with Crippen molar-refractivity contribution in [2.75, 3.05) is 5.75 Å². The quantitative estimate of drug-likeness (QED) is 0.472. The number of aromatic nitrogens is 2. The van der Waals surface area contributed by atoms with Crippen LogP contribution in [0.1, 0.15) is 29.7 Å². The summed E-state index contributed by atoms with van der Waals surface area (Å²) in [6.07, 6.45) is 1.02. The number of aryl methyl sites for hydroxylation is 1. The van der Waals surface area contributed by atoms with E-state index < -0.39 is 5.97 Å². The standard InChI is InChI=1S/C17H19FN2O3S/c1-11-14(10-12-5-7-13(18)8-6-12)16(23)20(2)17(19-11)24-9-3-4-15(21)22/h5-8H,3-4,9-10H2,1-2H3,(H,21,22). The average Bonchev–Trinajstić information content (AvgIpc) is 2.54. The van der Waals surface area contributed by atoms with Crippen LogP contribution < -0.4 is 5.56 Å². The summed E-state index contributed by atoms with van der Waals surface area (Å²) in [5.41, 5.74) is 1.94. The maximum absolute atomic E-state index is 13.0. The summed E-state index contributed by atoms with van der Waals surface area (Å²) in [6, 6.07) is 6.05. The third kappa shape index (κ3) is 4.67. The fraction of sp³-hybridized carbons (Fsp3) is 0.353. The minimum atomic E-state index is -0.830. The second-order valence-corrected chi connectivity index (χ2v) is 6.53.